The molecule has 0 saturated carbocycles. The van der Waals surface area contributed by atoms with Crippen molar-refractivity contribution in [3.63, 3.8) is 0 Å². The lowest BCUT2D eigenvalue weighted by Crippen LogP contribution is -2.34. The Morgan fingerprint density at radius 3 is 2.25 bits per heavy atom. The fourth-order valence-corrected chi connectivity index (χ4v) is 2.41. The normalized spacial score (nSPS) is 12.1. The fraction of sp³-hybridized carbons (Fsp3) is 0.500. The van der Waals surface area contributed by atoms with E-state index in [1.54, 1.807) is 0 Å². The van der Waals surface area contributed by atoms with Crippen LogP contribution in [0.1, 0.15) is 19.5 Å². The van der Waals surface area contributed by atoms with Crippen molar-refractivity contribution in [3.8, 4) is 0 Å². The first-order valence-corrected chi connectivity index (χ1v) is 6.33. The number of aromatic nitrogens is 2. The molecule has 90 valence electrons. The van der Waals surface area contributed by atoms with Gasteiger partial charge in [-0.3, -0.25) is 4.79 Å². The van der Waals surface area contributed by atoms with Crippen molar-refractivity contribution in [2.24, 2.45) is 0 Å². The van der Waals surface area contributed by atoms with Gasteiger partial charge in [0.1, 0.15) is 0 Å². The number of hydrogen-bond donors (Lipinski definition) is 0. The SMILES string of the molecule is Cc1cn(S(=O)(=O)C(C)C)c(=O)n1C(=O)Cl. The van der Waals surface area contributed by atoms with E-state index >= 15 is 0 Å². The van der Waals surface area contributed by atoms with Crippen LogP contribution in [0.3, 0.4) is 0 Å². The van der Waals surface area contributed by atoms with Crippen LogP contribution in [0.5, 0.6) is 0 Å². The maximum absolute atomic E-state index is 11.7. The van der Waals surface area contributed by atoms with E-state index in [1.807, 2.05) is 0 Å². The molecule has 0 aliphatic heterocycles. The van der Waals surface area contributed by atoms with Gasteiger partial charge >= 0.3 is 11.1 Å². The fourth-order valence-electron chi connectivity index (χ4n) is 1.16. The third-order valence-electron chi connectivity index (χ3n) is 2.08. The molecule has 0 radical (unpaired) electrons. The number of imidazole rings is 1. The molecular formula is C8H11ClN2O4S. The molecule has 6 nitrogen and oxygen atoms in total. The average molecular weight is 267 g/mol. The third kappa shape index (κ3) is 1.92. The van der Waals surface area contributed by atoms with Gasteiger partial charge in [0.15, 0.2) is 0 Å². The van der Waals surface area contributed by atoms with Crippen molar-refractivity contribution >= 4 is 27.0 Å². The highest BCUT2D eigenvalue weighted by molar-refractivity contribution is 7.90. The van der Waals surface area contributed by atoms with Gasteiger partial charge in [-0.1, -0.05) is 0 Å². The zero-order valence-corrected chi connectivity index (χ0v) is 10.5. The van der Waals surface area contributed by atoms with Gasteiger partial charge in [-0.25, -0.2) is 17.8 Å². The molecule has 1 aromatic heterocycles. The molecule has 0 saturated heterocycles. The maximum Gasteiger partial charge on any atom is 0.350 e. The molecule has 1 rings (SSSR count). The molecule has 0 fully saturated rings. The van der Waals surface area contributed by atoms with E-state index in [0.717, 1.165) is 6.20 Å². The average Bonchev–Trinajstić information content (AvgIpc) is 2.41. The Bertz CT molecular complexity index is 582. The van der Waals surface area contributed by atoms with Gasteiger partial charge in [0.25, 0.3) is 0 Å². The first-order chi connectivity index (χ1) is 7.19. The number of carbonyl (C=O) groups is 1. The lowest BCUT2D eigenvalue weighted by atomic mass is 10.5. The van der Waals surface area contributed by atoms with Gasteiger partial charge < -0.3 is 0 Å². The van der Waals surface area contributed by atoms with Crippen LogP contribution in [0.2, 0.25) is 0 Å². The Kier molecular flexibility index (Phi) is 3.30. The second-order valence-corrected chi connectivity index (χ2v) is 6.22. The Balaban J connectivity index is 3.59. The van der Waals surface area contributed by atoms with Gasteiger partial charge in [-0.05, 0) is 32.4 Å². The highest BCUT2D eigenvalue weighted by Gasteiger charge is 2.24. The summed E-state index contributed by atoms with van der Waals surface area (Å²) in [4.78, 5) is 22.5. The maximum atomic E-state index is 11.7. The standard InChI is InChI=1S/C8H11ClN2O4S/c1-5(2)16(14,15)10-4-6(3)11(7(9)12)8(10)13/h4-5H,1-3H3. The molecule has 8 heteroatoms. The van der Waals surface area contributed by atoms with Crippen molar-refractivity contribution in [1.29, 1.82) is 0 Å². The van der Waals surface area contributed by atoms with E-state index in [1.165, 1.54) is 20.8 Å². The van der Waals surface area contributed by atoms with Gasteiger partial charge in [0.05, 0.1) is 5.25 Å². The molecule has 1 aromatic rings. The van der Waals surface area contributed by atoms with E-state index in [9.17, 15) is 18.0 Å². The number of halogens is 1. The smallest absolute Gasteiger partial charge is 0.254 e. The summed E-state index contributed by atoms with van der Waals surface area (Å²) in [5.41, 5.74) is -0.791. The topological polar surface area (TPSA) is 78.1 Å². The Hall–Kier alpha value is -1.08. The highest BCUT2D eigenvalue weighted by Crippen LogP contribution is 2.06. The summed E-state index contributed by atoms with van der Waals surface area (Å²) in [6.45, 7) is 4.31. The first kappa shape index (κ1) is 13.0. The second-order valence-electron chi connectivity index (χ2n) is 3.53. The predicted molar refractivity (Wildman–Crippen MR) is 59.5 cm³/mol. The van der Waals surface area contributed by atoms with E-state index in [0.29, 0.717) is 8.54 Å². The predicted octanol–water partition coefficient (Wildman–Crippen LogP) is 0.751. The van der Waals surface area contributed by atoms with Crippen LogP contribution in [0.15, 0.2) is 11.0 Å². The molecule has 0 unspecified atom stereocenters. The van der Waals surface area contributed by atoms with E-state index < -0.39 is 26.3 Å². The summed E-state index contributed by atoms with van der Waals surface area (Å²) in [6.07, 6.45) is 1.08. The van der Waals surface area contributed by atoms with Crippen molar-refractivity contribution in [2.45, 2.75) is 26.0 Å². The van der Waals surface area contributed by atoms with Gasteiger partial charge in [0, 0.05) is 11.9 Å². The number of nitrogens with zero attached hydrogens (tertiary/aromatic N) is 2. The molecule has 0 aliphatic rings. The van der Waals surface area contributed by atoms with Crippen molar-refractivity contribution < 1.29 is 13.2 Å². The number of carbonyl (C=O) groups excluding carboxylic acids is 1. The Labute approximate surface area is 97.5 Å². The van der Waals surface area contributed by atoms with Crippen LogP contribution in [-0.2, 0) is 10.0 Å². The van der Waals surface area contributed by atoms with Crippen LogP contribution >= 0.6 is 11.6 Å². The van der Waals surface area contributed by atoms with Crippen LogP contribution < -0.4 is 5.69 Å². The zero-order chi connectivity index (χ0) is 12.7. The zero-order valence-electron chi connectivity index (χ0n) is 8.97. The largest absolute Gasteiger partial charge is 0.350 e. The van der Waals surface area contributed by atoms with E-state index in [2.05, 4.69) is 0 Å². The minimum absolute atomic E-state index is 0.175. The van der Waals surface area contributed by atoms with E-state index in [4.69, 9.17) is 11.6 Å². The lowest BCUT2D eigenvalue weighted by Gasteiger charge is -2.06. The number of hydrogen-bond acceptors (Lipinski definition) is 4. The molecule has 0 atom stereocenters. The number of rotatable bonds is 2. The van der Waals surface area contributed by atoms with Gasteiger partial charge in [-0.2, -0.15) is 3.97 Å². The summed E-state index contributed by atoms with van der Waals surface area (Å²) in [5.74, 6) is 0. The first-order valence-electron chi connectivity index (χ1n) is 4.44. The van der Waals surface area contributed by atoms with Crippen LogP contribution in [0.25, 0.3) is 0 Å². The van der Waals surface area contributed by atoms with Gasteiger partial charge in [0.2, 0.25) is 10.0 Å². The van der Waals surface area contributed by atoms with Crippen molar-refractivity contribution in [1.82, 2.24) is 8.54 Å². The third-order valence-corrected chi connectivity index (χ3v) is 4.25. The highest BCUT2D eigenvalue weighted by atomic mass is 35.5. The van der Waals surface area contributed by atoms with Crippen molar-refractivity contribution in [3.05, 3.63) is 22.4 Å². The molecule has 0 spiro atoms. The summed E-state index contributed by atoms with van der Waals surface area (Å²) in [5, 5.41) is -1.79. The molecule has 16 heavy (non-hydrogen) atoms. The molecule has 0 aliphatic carbocycles. The molecule has 0 amide bonds. The Morgan fingerprint density at radius 1 is 1.44 bits per heavy atom. The molecular weight excluding hydrogens is 256 g/mol. The summed E-state index contributed by atoms with van der Waals surface area (Å²) >= 11 is 5.17. The second kappa shape index (κ2) is 4.06. The molecule has 0 aromatic carbocycles. The molecule has 0 N–H and O–H groups in total. The Morgan fingerprint density at radius 2 is 1.94 bits per heavy atom. The molecule has 0 bridgehead atoms. The summed E-state index contributed by atoms with van der Waals surface area (Å²) < 4.78 is 24.6. The van der Waals surface area contributed by atoms with Crippen LogP contribution in [-0.4, -0.2) is 27.6 Å². The molecule has 1 heterocycles. The minimum Gasteiger partial charge on any atom is -0.254 e. The van der Waals surface area contributed by atoms with Crippen LogP contribution in [0, 0.1) is 6.92 Å². The van der Waals surface area contributed by atoms with E-state index in [-0.39, 0.29) is 5.69 Å². The quantitative estimate of drug-likeness (QED) is 0.740. The van der Waals surface area contributed by atoms with Crippen LogP contribution in [0.4, 0.5) is 4.79 Å². The summed E-state index contributed by atoms with van der Waals surface area (Å²) in [7, 11) is -3.77. The minimum atomic E-state index is -3.77. The lowest BCUT2D eigenvalue weighted by molar-refractivity contribution is 0.260. The number of aryl methyl sites for hydroxylation is 1. The monoisotopic (exact) mass is 266 g/mol. The van der Waals surface area contributed by atoms with Crippen molar-refractivity contribution in [2.75, 3.05) is 0 Å². The summed E-state index contributed by atoms with van der Waals surface area (Å²) in [6, 6.07) is 0. The van der Waals surface area contributed by atoms with Gasteiger partial charge in [-0.15, -0.1) is 0 Å².